The van der Waals surface area contributed by atoms with Crippen LogP contribution in [0.3, 0.4) is 0 Å². The van der Waals surface area contributed by atoms with E-state index in [9.17, 15) is 9.59 Å². The molecular formula is C10H13NO3. The zero-order valence-electron chi connectivity index (χ0n) is 8.03. The molecule has 0 heterocycles. The van der Waals surface area contributed by atoms with Crippen molar-refractivity contribution >= 4 is 11.9 Å². The van der Waals surface area contributed by atoms with Gasteiger partial charge in [0.2, 0.25) is 5.91 Å². The Hall–Kier alpha value is -1.84. The van der Waals surface area contributed by atoms with Gasteiger partial charge in [-0.3, -0.25) is 4.79 Å². The van der Waals surface area contributed by atoms with Crippen molar-refractivity contribution in [1.29, 1.82) is 0 Å². The van der Waals surface area contributed by atoms with E-state index >= 15 is 0 Å². The molecule has 1 aromatic carbocycles. The molecule has 1 aromatic rings. The summed E-state index contributed by atoms with van der Waals surface area (Å²) in [5.74, 6) is -1.03. The normalized spacial score (nSPS) is 9.57. The van der Waals surface area contributed by atoms with E-state index in [0.29, 0.717) is 11.1 Å². The third kappa shape index (κ3) is 2.10. The summed E-state index contributed by atoms with van der Waals surface area (Å²) in [5, 5.41) is 0. The molecule has 1 amide bonds. The van der Waals surface area contributed by atoms with Gasteiger partial charge in [0.05, 0.1) is 12.7 Å². The van der Waals surface area contributed by atoms with Crippen LogP contribution in [-0.4, -0.2) is 19.0 Å². The minimum atomic E-state index is -0.557. The van der Waals surface area contributed by atoms with Crippen LogP contribution in [0.25, 0.3) is 0 Å². The lowest BCUT2D eigenvalue weighted by Crippen LogP contribution is -2.13. The Kier molecular flexibility index (Phi) is 2.86. The van der Waals surface area contributed by atoms with Gasteiger partial charge in [0.15, 0.2) is 0 Å². The smallest absolute Gasteiger partial charge is 0.337 e. The van der Waals surface area contributed by atoms with Gasteiger partial charge in [0.25, 0.3) is 0 Å². The molecule has 4 nitrogen and oxygen atoms in total. The summed E-state index contributed by atoms with van der Waals surface area (Å²) in [4.78, 5) is 22.1. The minimum absolute atomic E-state index is 0. The Balaban J connectivity index is 0.00000196. The SMILES string of the molecule is COC(=O)c1cc(C)cc(C(N)=O)c1.[HH]. The van der Waals surface area contributed by atoms with Crippen LogP contribution in [0.15, 0.2) is 18.2 Å². The molecule has 0 saturated carbocycles. The van der Waals surface area contributed by atoms with Crippen molar-refractivity contribution in [1.82, 2.24) is 0 Å². The first kappa shape index (κ1) is 10.2. The van der Waals surface area contributed by atoms with Gasteiger partial charge in [-0.2, -0.15) is 0 Å². The molecule has 0 aliphatic heterocycles. The van der Waals surface area contributed by atoms with Crippen molar-refractivity contribution in [2.45, 2.75) is 6.92 Å². The Morgan fingerprint density at radius 1 is 1.29 bits per heavy atom. The summed E-state index contributed by atoms with van der Waals surface area (Å²) in [7, 11) is 1.29. The number of carbonyl (C=O) groups excluding carboxylic acids is 2. The summed E-state index contributed by atoms with van der Waals surface area (Å²) in [6.07, 6.45) is 0. The second-order valence-corrected chi connectivity index (χ2v) is 2.94. The molecule has 0 unspecified atom stereocenters. The molecule has 0 saturated heterocycles. The second kappa shape index (κ2) is 3.91. The maximum Gasteiger partial charge on any atom is 0.337 e. The predicted octanol–water partition coefficient (Wildman–Crippen LogP) is 1.13. The number of ether oxygens (including phenoxy) is 1. The third-order valence-electron chi connectivity index (χ3n) is 1.78. The largest absolute Gasteiger partial charge is 0.465 e. The van der Waals surface area contributed by atoms with Gasteiger partial charge in [-0.25, -0.2) is 4.79 Å². The van der Waals surface area contributed by atoms with Crippen molar-refractivity contribution < 1.29 is 15.8 Å². The first-order valence-electron chi connectivity index (χ1n) is 4.04. The van der Waals surface area contributed by atoms with Crippen molar-refractivity contribution in [2.75, 3.05) is 7.11 Å². The summed E-state index contributed by atoms with van der Waals surface area (Å²) in [6, 6.07) is 4.67. The molecular weight excluding hydrogens is 182 g/mol. The summed E-state index contributed by atoms with van der Waals surface area (Å²) >= 11 is 0. The zero-order valence-corrected chi connectivity index (χ0v) is 8.03. The van der Waals surface area contributed by atoms with Gasteiger partial charge in [0.1, 0.15) is 0 Å². The fourth-order valence-corrected chi connectivity index (χ4v) is 1.16. The molecule has 0 fully saturated rings. The number of nitrogens with two attached hydrogens (primary N) is 1. The van der Waals surface area contributed by atoms with Crippen molar-refractivity contribution in [3.8, 4) is 0 Å². The molecule has 76 valence electrons. The second-order valence-electron chi connectivity index (χ2n) is 2.94. The van der Waals surface area contributed by atoms with Crippen LogP contribution in [0.5, 0.6) is 0 Å². The number of carbonyl (C=O) groups is 2. The number of hydrogen-bond acceptors (Lipinski definition) is 3. The minimum Gasteiger partial charge on any atom is -0.465 e. The summed E-state index contributed by atoms with van der Waals surface area (Å²) in [5.41, 5.74) is 6.54. The predicted molar refractivity (Wildman–Crippen MR) is 53.2 cm³/mol. The van der Waals surface area contributed by atoms with Crippen molar-refractivity contribution in [3.63, 3.8) is 0 Å². The van der Waals surface area contributed by atoms with Crippen molar-refractivity contribution in [2.24, 2.45) is 5.73 Å². The maximum atomic E-state index is 11.2. The molecule has 1 rings (SSSR count). The van der Waals surface area contributed by atoms with Crippen LogP contribution in [-0.2, 0) is 4.74 Å². The van der Waals surface area contributed by atoms with Crippen LogP contribution in [0.2, 0.25) is 0 Å². The first-order chi connectivity index (χ1) is 6.54. The molecule has 4 heteroatoms. The van der Waals surface area contributed by atoms with Gasteiger partial charge in [-0.1, -0.05) is 0 Å². The summed E-state index contributed by atoms with van der Waals surface area (Å²) < 4.78 is 4.53. The standard InChI is InChI=1S/C10H11NO3.H2/c1-6-3-7(9(11)12)5-8(4-6)10(13)14-2;/h3-5H,1-2H3,(H2,11,12);1H. The first-order valence-corrected chi connectivity index (χ1v) is 4.04. The quantitative estimate of drug-likeness (QED) is 0.719. The van der Waals surface area contributed by atoms with E-state index in [0.717, 1.165) is 5.56 Å². The number of amides is 1. The van der Waals surface area contributed by atoms with Crippen LogP contribution in [0.1, 0.15) is 27.7 Å². The number of esters is 1. The van der Waals surface area contributed by atoms with E-state index in [1.807, 2.05) is 0 Å². The lowest BCUT2D eigenvalue weighted by molar-refractivity contribution is 0.0600. The van der Waals surface area contributed by atoms with Gasteiger partial charge in [0, 0.05) is 6.99 Å². The highest BCUT2D eigenvalue weighted by Crippen LogP contribution is 2.10. The highest BCUT2D eigenvalue weighted by atomic mass is 16.5. The lowest BCUT2D eigenvalue weighted by atomic mass is 10.1. The van der Waals surface area contributed by atoms with E-state index in [2.05, 4.69) is 4.74 Å². The Labute approximate surface area is 83.2 Å². The van der Waals surface area contributed by atoms with Gasteiger partial charge >= 0.3 is 5.97 Å². The monoisotopic (exact) mass is 195 g/mol. The lowest BCUT2D eigenvalue weighted by Gasteiger charge is -2.03. The zero-order chi connectivity index (χ0) is 10.7. The van der Waals surface area contributed by atoms with E-state index in [-0.39, 0.29) is 1.43 Å². The fourth-order valence-electron chi connectivity index (χ4n) is 1.16. The molecule has 0 aromatic heterocycles. The molecule has 14 heavy (non-hydrogen) atoms. The Morgan fingerprint density at radius 2 is 1.86 bits per heavy atom. The topological polar surface area (TPSA) is 69.4 Å². The molecule has 0 aliphatic carbocycles. The molecule has 0 bridgehead atoms. The molecule has 0 atom stereocenters. The van der Waals surface area contributed by atoms with Crippen LogP contribution < -0.4 is 5.73 Å². The van der Waals surface area contributed by atoms with E-state index in [1.165, 1.54) is 13.2 Å². The van der Waals surface area contributed by atoms with Gasteiger partial charge in [-0.15, -0.1) is 0 Å². The summed E-state index contributed by atoms with van der Waals surface area (Å²) in [6.45, 7) is 1.78. The van der Waals surface area contributed by atoms with E-state index in [1.54, 1.807) is 19.1 Å². The molecule has 0 spiro atoms. The van der Waals surface area contributed by atoms with E-state index < -0.39 is 11.9 Å². The highest BCUT2D eigenvalue weighted by Gasteiger charge is 2.09. The van der Waals surface area contributed by atoms with Crippen LogP contribution in [0, 0.1) is 6.92 Å². The number of aryl methyl sites for hydroxylation is 1. The average Bonchev–Trinajstić information content (AvgIpc) is 2.15. The maximum absolute atomic E-state index is 11.2. The third-order valence-corrected chi connectivity index (χ3v) is 1.78. The number of methoxy groups -OCH3 is 1. The van der Waals surface area contributed by atoms with Crippen molar-refractivity contribution in [3.05, 3.63) is 34.9 Å². The number of hydrogen-bond donors (Lipinski definition) is 1. The number of rotatable bonds is 2. The van der Waals surface area contributed by atoms with Gasteiger partial charge < -0.3 is 10.5 Å². The average molecular weight is 195 g/mol. The highest BCUT2D eigenvalue weighted by molar-refractivity contribution is 5.97. The van der Waals surface area contributed by atoms with Crippen LogP contribution in [0.4, 0.5) is 0 Å². The number of benzene rings is 1. The fraction of sp³-hybridized carbons (Fsp3) is 0.200. The Morgan fingerprint density at radius 3 is 2.36 bits per heavy atom. The van der Waals surface area contributed by atoms with E-state index in [4.69, 9.17) is 5.73 Å². The van der Waals surface area contributed by atoms with Crippen LogP contribution >= 0.6 is 0 Å². The number of primary amides is 1. The molecule has 2 N–H and O–H groups in total. The van der Waals surface area contributed by atoms with Gasteiger partial charge in [-0.05, 0) is 30.7 Å². The molecule has 0 aliphatic rings. The Bertz CT molecular complexity index is 390. The molecule has 0 radical (unpaired) electrons.